The van der Waals surface area contributed by atoms with E-state index < -0.39 is 34.7 Å². The highest BCUT2D eigenvalue weighted by molar-refractivity contribution is 6.35. The van der Waals surface area contributed by atoms with E-state index in [0.29, 0.717) is 5.02 Å². The number of benzene rings is 1. The Kier molecular flexibility index (Phi) is 5.14. The molecule has 28 heavy (non-hydrogen) atoms. The number of hydrogen-bond donors (Lipinski definition) is 1. The molecule has 0 bridgehead atoms. The highest BCUT2D eigenvalue weighted by atomic mass is 35.5. The van der Waals surface area contributed by atoms with E-state index in [1.807, 2.05) is 0 Å². The Morgan fingerprint density at radius 1 is 1.32 bits per heavy atom. The Bertz CT molecular complexity index is 996. The van der Waals surface area contributed by atoms with Crippen LogP contribution in [0.25, 0.3) is 0 Å². The van der Waals surface area contributed by atoms with Crippen molar-refractivity contribution < 1.29 is 19.2 Å². The average Bonchev–Trinajstić information content (AvgIpc) is 2.61. The van der Waals surface area contributed by atoms with Crippen LogP contribution in [0.5, 0.6) is 5.75 Å². The molecule has 2 amide bonds. The number of fused-ring (bicyclic) bond motifs is 1. The van der Waals surface area contributed by atoms with Gasteiger partial charge in [0.25, 0.3) is 11.7 Å². The lowest BCUT2D eigenvalue weighted by Crippen LogP contribution is -2.54. The number of ether oxygens (including phenoxy) is 1. The van der Waals surface area contributed by atoms with Gasteiger partial charge in [0.15, 0.2) is 11.4 Å². The van der Waals surface area contributed by atoms with Gasteiger partial charge in [-0.05, 0) is 48.0 Å². The number of nitrogens with zero attached hydrogens (tertiary/aromatic N) is 3. The van der Waals surface area contributed by atoms with Crippen LogP contribution in [-0.2, 0) is 9.59 Å². The van der Waals surface area contributed by atoms with Gasteiger partial charge in [-0.2, -0.15) is 0 Å². The minimum atomic E-state index is -1.28. The van der Waals surface area contributed by atoms with E-state index in [-0.39, 0.29) is 22.3 Å². The Hall–Kier alpha value is -2.91. The number of aromatic nitrogens is 1. The second kappa shape index (κ2) is 7.25. The third-order valence-electron chi connectivity index (χ3n) is 3.90. The monoisotopic (exact) mass is 424 g/mol. The molecule has 146 valence electrons. The number of halogens is 2. The van der Waals surface area contributed by atoms with Crippen molar-refractivity contribution in [3.63, 3.8) is 0 Å². The summed E-state index contributed by atoms with van der Waals surface area (Å²) in [5, 5.41) is 14.2. The zero-order valence-corrected chi connectivity index (χ0v) is 16.2. The molecular formula is C17H14Cl2N4O5. The number of carbonyl (C=O) groups is 2. The maximum Gasteiger partial charge on any atom is 0.366 e. The molecule has 0 spiro atoms. The van der Waals surface area contributed by atoms with Gasteiger partial charge in [-0.25, -0.2) is 0 Å². The summed E-state index contributed by atoms with van der Waals surface area (Å²) in [7, 11) is 0. The number of rotatable bonds is 4. The highest BCUT2D eigenvalue weighted by Crippen LogP contribution is 2.37. The Morgan fingerprint density at radius 3 is 2.71 bits per heavy atom. The molecule has 0 atom stereocenters. The van der Waals surface area contributed by atoms with Crippen molar-refractivity contribution in [2.24, 2.45) is 0 Å². The van der Waals surface area contributed by atoms with Crippen LogP contribution in [-0.4, -0.2) is 33.9 Å². The Labute approximate surface area is 169 Å². The van der Waals surface area contributed by atoms with E-state index in [0.717, 1.165) is 11.0 Å². The SMILES string of the molecule is CC1(C)Oc2ccc([N+](=O)[O-])nc2N(CC(=O)Nc2cc(Cl)ccc2Cl)C1=O. The van der Waals surface area contributed by atoms with Crippen LogP contribution in [0.15, 0.2) is 30.3 Å². The molecule has 0 unspecified atom stereocenters. The van der Waals surface area contributed by atoms with Gasteiger partial charge in [0.1, 0.15) is 6.54 Å². The molecule has 1 N–H and O–H groups in total. The number of nitro groups is 1. The summed E-state index contributed by atoms with van der Waals surface area (Å²) >= 11 is 11.9. The number of hydrogen-bond acceptors (Lipinski definition) is 6. The third kappa shape index (κ3) is 3.85. The summed E-state index contributed by atoms with van der Waals surface area (Å²) in [6.07, 6.45) is 0. The predicted octanol–water partition coefficient (Wildman–Crippen LogP) is 3.44. The maximum absolute atomic E-state index is 12.8. The lowest BCUT2D eigenvalue weighted by Gasteiger charge is -2.35. The Morgan fingerprint density at radius 2 is 2.04 bits per heavy atom. The van der Waals surface area contributed by atoms with Crippen molar-refractivity contribution in [2.45, 2.75) is 19.4 Å². The molecular weight excluding hydrogens is 411 g/mol. The van der Waals surface area contributed by atoms with Crippen LogP contribution in [0.2, 0.25) is 10.0 Å². The van der Waals surface area contributed by atoms with E-state index in [1.165, 1.54) is 32.0 Å². The summed E-state index contributed by atoms with van der Waals surface area (Å²) in [6, 6.07) is 7.04. The predicted molar refractivity (Wildman–Crippen MR) is 103 cm³/mol. The molecule has 2 heterocycles. The van der Waals surface area contributed by atoms with Gasteiger partial charge >= 0.3 is 5.82 Å². The second-order valence-electron chi connectivity index (χ2n) is 6.42. The lowest BCUT2D eigenvalue weighted by molar-refractivity contribution is -0.389. The number of pyridine rings is 1. The van der Waals surface area contributed by atoms with Crippen LogP contribution in [0.4, 0.5) is 17.3 Å². The van der Waals surface area contributed by atoms with Crippen molar-refractivity contribution in [2.75, 3.05) is 16.8 Å². The zero-order valence-electron chi connectivity index (χ0n) is 14.7. The first kappa shape index (κ1) is 19.8. The molecule has 0 fully saturated rings. The maximum atomic E-state index is 12.8. The summed E-state index contributed by atoms with van der Waals surface area (Å²) in [6.45, 7) is 2.60. The molecule has 1 aliphatic rings. The fraction of sp³-hybridized carbons (Fsp3) is 0.235. The highest BCUT2D eigenvalue weighted by Gasteiger charge is 2.45. The van der Waals surface area contributed by atoms with Crippen molar-refractivity contribution in [3.8, 4) is 5.75 Å². The molecule has 9 nitrogen and oxygen atoms in total. The van der Waals surface area contributed by atoms with E-state index in [9.17, 15) is 19.7 Å². The van der Waals surface area contributed by atoms with Crippen LogP contribution < -0.4 is 15.0 Å². The van der Waals surface area contributed by atoms with Crippen LogP contribution >= 0.6 is 23.2 Å². The molecule has 0 aliphatic carbocycles. The fourth-order valence-corrected chi connectivity index (χ4v) is 2.95. The van der Waals surface area contributed by atoms with Crippen LogP contribution in [0.1, 0.15) is 13.8 Å². The van der Waals surface area contributed by atoms with Crippen molar-refractivity contribution >= 4 is 52.3 Å². The molecule has 0 radical (unpaired) electrons. The van der Waals surface area contributed by atoms with Crippen molar-refractivity contribution in [1.29, 1.82) is 0 Å². The first-order chi connectivity index (χ1) is 13.1. The molecule has 2 aromatic rings. The molecule has 1 aromatic heterocycles. The second-order valence-corrected chi connectivity index (χ2v) is 7.27. The lowest BCUT2D eigenvalue weighted by atomic mass is 10.1. The summed E-state index contributed by atoms with van der Waals surface area (Å²) in [4.78, 5) is 40.5. The third-order valence-corrected chi connectivity index (χ3v) is 4.46. The zero-order chi connectivity index (χ0) is 20.6. The molecule has 11 heteroatoms. The minimum absolute atomic E-state index is 0.106. The molecule has 1 aromatic carbocycles. The topological polar surface area (TPSA) is 115 Å². The fourth-order valence-electron chi connectivity index (χ4n) is 2.61. The van der Waals surface area contributed by atoms with Crippen molar-refractivity contribution in [1.82, 2.24) is 4.98 Å². The van der Waals surface area contributed by atoms with Gasteiger partial charge in [-0.15, -0.1) is 0 Å². The quantitative estimate of drug-likeness (QED) is 0.593. The first-order valence-electron chi connectivity index (χ1n) is 8.00. The summed E-state index contributed by atoms with van der Waals surface area (Å²) < 4.78 is 5.58. The largest absolute Gasteiger partial charge is 0.472 e. The number of amides is 2. The Balaban J connectivity index is 1.92. The van der Waals surface area contributed by atoms with E-state index in [4.69, 9.17) is 27.9 Å². The normalized spacial score (nSPS) is 14.9. The smallest absolute Gasteiger partial charge is 0.366 e. The van der Waals surface area contributed by atoms with Gasteiger partial charge < -0.3 is 20.2 Å². The van der Waals surface area contributed by atoms with Gasteiger partial charge in [-0.1, -0.05) is 23.2 Å². The minimum Gasteiger partial charge on any atom is -0.472 e. The van der Waals surface area contributed by atoms with Crippen LogP contribution in [0, 0.1) is 10.1 Å². The number of carbonyl (C=O) groups excluding carboxylic acids is 2. The standard InChI is InChI=1S/C17H14Cl2N4O5/c1-17(2)16(25)22(15-12(28-17)5-6-13(21-15)23(26)27)8-14(24)20-11-7-9(18)3-4-10(11)19/h3-7H,8H2,1-2H3,(H,20,24). The van der Waals surface area contributed by atoms with E-state index in [1.54, 1.807) is 6.07 Å². The van der Waals surface area contributed by atoms with Gasteiger partial charge in [-0.3, -0.25) is 14.5 Å². The van der Waals surface area contributed by atoms with Gasteiger partial charge in [0, 0.05) is 11.1 Å². The summed E-state index contributed by atoms with van der Waals surface area (Å²) in [5.74, 6) is -1.58. The number of anilines is 2. The average molecular weight is 425 g/mol. The van der Waals surface area contributed by atoms with Crippen molar-refractivity contribution in [3.05, 3.63) is 50.5 Å². The first-order valence-corrected chi connectivity index (χ1v) is 8.75. The molecule has 1 aliphatic heterocycles. The molecule has 3 rings (SSSR count). The van der Waals surface area contributed by atoms with Crippen LogP contribution in [0.3, 0.4) is 0 Å². The van der Waals surface area contributed by atoms with Gasteiger partial charge in [0.2, 0.25) is 5.91 Å². The molecule has 0 saturated carbocycles. The van der Waals surface area contributed by atoms with Gasteiger partial charge in [0.05, 0.1) is 10.7 Å². The number of nitrogens with one attached hydrogen (secondary N) is 1. The van der Waals surface area contributed by atoms with E-state index in [2.05, 4.69) is 10.3 Å². The van der Waals surface area contributed by atoms with E-state index >= 15 is 0 Å². The summed E-state index contributed by atoms with van der Waals surface area (Å²) in [5.41, 5.74) is -1.01. The molecule has 0 saturated heterocycles.